The molecule has 152 valence electrons. The minimum atomic E-state index is -0.0331. The molecule has 1 N–H and O–H groups in total. The van der Waals surface area contributed by atoms with Crippen molar-refractivity contribution in [3.8, 4) is 11.3 Å². The van der Waals surface area contributed by atoms with E-state index in [4.69, 9.17) is 23.2 Å². The number of aryl methyl sites for hydroxylation is 2. The van der Waals surface area contributed by atoms with Crippen molar-refractivity contribution in [3.05, 3.63) is 69.6 Å². The van der Waals surface area contributed by atoms with Gasteiger partial charge >= 0.3 is 0 Å². The molecule has 0 saturated carbocycles. The highest BCUT2D eigenvalue weighted by Crippen LogP contribution is 2.30. The maximum atomic E-state index is 12.6. The summed E-state index contributed by atoms with van der Waals surface area (Å²) in [7, 11) is 0. The van der Waals surface area contributed by atoms with E-state index in [0.717, 1.165) is 47.7 Å². The number of halogens is 3. The molecule has 0 radical (unpaired) electrons. The summed E-state index contributed by atoms with van der Waals surface area (Å²) < 4.78 is 4.31. The zero-order chi connectivity index (χ0) is 19.8. The standard InChI is InChI=1S/C22H21Cl2N3O.ClH/c1-14-5-7-17(10-15(14)2)25-21(28)13-26-12-20(27-9-3-4-22(26)27)16-6-8-18(23)19(24)11-16;/h5-8,10-12H,3-4,9,13H2,1-2H3;1H. The second kappa shape index (κ2) is 8.78. The number of amides is 1. The molecule has 0 atom stereocenters. The first-order chi connectivity index (χ1) is 13.4. The number of aromatic nitrogens is 2. The fourth-order valence-corrected chi connectivity index (χ4v) is 4.00. The van der Waals surface area contributed by atoms with Crippen LogP contribution in [0.5, 0.6) is 0 Å². The van der Waals surface area contributed by atoms with Gasteiger partial charge in [0.2, 0.25) is 0 Å². The van der Waals surface area contributed by atoms with Crippen molar-refractivity contribution >= 4 is 34.8 Å². The van der Waals surface area contributed by atoms with Crippen LogP contribution in [0.1, 0.15) is 23.4 Å². The first kappa shape index (κ1) is 21.7. The molecular weight excluding hydrogens is 429 g/mol. The highest BCUT2D eigenvalue weighted by atomic mass is 35.5. The van der Waals surface area contributed by atoms with E-state index in [1.807, 2.05) is 54.1 Å². The minimum Gasteiger partial charge on any atom is -1.00 e. The van der Waals surface area contributed by atoms with Gasteiger partial charge in [-0.3, -0.25) is 4.79 Å². The van der Waals surface area contributed by atoms with Crippen LogP contribution in [0.2, 0.25) is 10.0 Å². The molecule has 29 heavy (non-hydrogen) atoms. The third kappa shape index (κ3) is 4.45. The molecule has 1 amide bonds. The Balaban J connectivity index is 0.00000240. The maximum absolute atomic E-state index is 12.6. The first-order valence-corrected chi connectivity index (χ1v) is 10.1. The number of benzene rings is 2. The molecule has 0 spiro atoms. The lowest BCUT2D eigenvalue weighted by Gasteiger charge is -2.07. The Morgan fingerprint density at radius 1 is 1.10 bits per heavy atom. The van der Waals surface area contributed by atoms with Crippen LogP contribution in [0.15, 0.2) is 42.6 Å². The molecule has 0 saturated heterocycles. The smallest absolute Gasteiger partial charge is 0.266 e. The normalized spacial score (nSPS) is 12.4. The molecule has 2 aromatic carbocycles. The van der Waals surface area contributed by atoms with Crippen molar-refractivity contribution in [2.75, 3.05) is 5.32 Å². The van der Waals surface area contributed by atoms with Gasteiger partial charge in [-0.2, -0.15) is 0 Å². The average molecular weight is 451 g/mol. The summed E-state index contributed by atoms with van der Waals surface area (Å²) in [5.41, 5.74) is 5.27. The number of rotatable bonds is 4. The van der Waals surface area contributed by atoms with Crippen LogP contribution in [-0.2, 0) is 24.3 Å². The van der Waals surface area contributed by atoms with Crippen LogP contribution in [0.25, 0.3) is 11.3 Å². The number of imidazole rings is 1. The molecule has 1 aliphatic heterocycles. The van der Waals surface area contributed by atoms with Crippen molar-refractivity contribution < 1.29 is 21.8 Å². The Labute approximate surface area is 186 Å². The number of carbonyl (C=O) groups excluding carboxylic acids is 1. The molecule has 1 aliphatic rings. The van der Waals surface area contributed by atoms with Crippen molar-refractivity contribution in [1.82, 2.24) is 4.57 Å². The number of anilines is 1. The predicted molar refractivity (Wildman–Crippen MR) is 113 cm³/mol. The van der Waals surface area contributed by atoms with Gasteiger partial charge in [-0.1, -0.05) is 29.3 Å². The van der Waals surface area contributed by atoms with Gasteiger partial charge in [0.1, 0.15) is 6.20 Å². The Morgan fingerprint density at radius 3 is 2.62 bits per heavy atom. The molecule has 3 aromatic rings. The second-order valence-electron chi connectivity index (χ2n) is 7.29. The monoisotopic (exact) mass is 449 g/mol. The summed E-state index contributed by atoms with van der Waals surface area (Å²) in [6.45, 7) is 5.33. The summed E-state index contributed by atoms with van der Waals surface area (Å²) in [4.78, 5) is 12.6. The highest BCUT2D eigenvalue weighted by molar-refractivity contribution is 6.42. The lowest BCUT2D eigenvalue weighted by molar-refractivity contribution is -0.690. The second-order valence-corrected chi connectivity index (χ2v) is 8.10. The van der Waals surface area contributed by atoms with Gasteiger partial charge in [-0.15, -0.1) is 0 Å². The summed E-state index contributed by atoms with van der Waals surface area (Å²) in [5.74, 6) is 1.13. The number of carbonyl (C=O) groups is 1. The molecular formula is C22H22Cl3N3O. The summed E-state index contributed by atoms with van der Waals surface area (Å²) >= 11 is 12.3. The number of hydrogen-bond donors (Lipinski definition) is 1. The topological polar surface area (TPSA) is 37.9 Å². The fourth-order valence-electron chi connectivity index (χ4n) is 3.71. The van der Waals surface area contributed by atoms with Gasteiger partial charge in [0, 0.05) is 11.3 Å². The first-order valence-electron chi connectivity index (χ1n) is 9.37. The molecule has 0 fully saturated rings. The molecule has 1 aromatic heterocycles. The van der Waals surface area contributed by atoms with Crippen molar-refractivity contribution in [2.45, 2.75) is 39.8 Å². The van der Waals surface area contributed by atoms with E-state index in [9.17, 15) is 4.79 Å². The highest BCUT2D eigenvalue weighted by Gasteiger charge is 2.29. The Bertz CT molecular complexity index is 1080. The zero-order valence-electron chi connectivity index (χ0n) is 16.3. The van der Waals surface area contributed by atoms with Crippen LogP contribution in [0.3, 0.4) is 0 Å². The number of nitrogens with zero attached hydrogens (tertiary/aromatic N) is 2. The Hall–Kier alpha value is -2.01. The van der Waals surface area contributed by atoms with Gasteiger partial charge < -0.3 is 17.7 Å². The van der Waals surface area contributed by atoms with Gasteiger partial charge in [0.05, 0.1) is 23.0 Å². The molecule has 0 aliphatic carbocycles. The molecule has 0 bridgehead atoms. The third-order valence-corrected chi connectivity index (χ3v) is 6.05. The predicted octanol–water partition coefficient (Wildman–Crippen LogP) is 1.96. The number of hydrogen-bond acceptors (Lipinski definition) is 1. The Kier molecular flexibility index (Phi) is 6.57. The van der Waals surface area contributed by atoms with E-state index in [-0.39, 0.29) is 24.9 Å². The SMILES string of the molecule is Cc1ccc(NC(=O)C[n+]2cc(-c3ccc(Cl)c(Cl)c3)n3c2CCC3)cc1C.[Cl-]. The molecule has 2 heterocycles. The number of nitrogens with one attached hydrogen (secondary N) is 1. The van der Waals surface area contributed by atoms with E-state index in [0.29, 0.717) is 10.0 Å². The lowest BCUT2D eigenvalue weighted by Crippen LogP contribution is -3.00. The van der Waals surface area contributed by atoms with Crippen molar-refractivity contribution in [2.24, 2.45) is 0 Å². The van der Waals surface area contributed by atoms with Gasteiger partial charge in [-0.05, 0) is 61.7 Å². The van der Waals surface area contributed by atoms with Crippen LogP contribution in [-0.4, -0.2) is 10.5 Å². The third-order valence-electron chi connectivity index (χ3n) is 5.31. The van der Waals surface area contributed by atoms with Crippen LogP contribution >= 0.6 is 23.2 Å². The van der Waals surface area contributed by atoms with E-state index in [2.05, 4.69) is 16.8 Å². The minimum absolute atomic E-state index is 0. The van der Waals surface area contributed by atoms with E-state index < -0.39 is 0 Å². The van der Waals surface area contributed by atoms with Crippen molar-refractivity contribution in [3.63, 3.8) is 0 Å². The van der Waals surface area contributed by atoms with E-state index in [1.165, 1.54) is 5.56 Å². The quantitative estimate of drug-likeness (QED) is 0.606. The Morgan fingerprint density at radius 2 is 1.90 bits per heavy atom. The van der Waals surface area contributed by atoms with Gasteiger partial charge in [0.25, 0.3) is 11.7 Å². The summed E-state index contributed by atoms with van der Waals surface area (Å²) in [6, 6.07) is 11.6. The van der Waals surface area contributed by atoms with Crippen LogP contribution in [0.4, 0.5) is 5.69 Å². The van der Waals surface area contributed by atoms with Gasteiger partial charge in [0.15, 0.2) is 12.2 Å². The zero-order valence-corrected chi connectivity index (χ0v) is 18.6. The van der Waals surface area contributed by atoms with Gasteiger partial charge in [-0.25, -0.2) is 9.13 Å². The summed E-state index contributed by atoms with van der Waals surface area (Å²) in [5, 5.41) is 4.08. The van der Waals surface area contributed by atoms with Crippen LogP contribution < -0.4 is 22.3 Å². The average Bonchev–Trinajstić information content (AvgIpc) is 3.25. The van der Waals surface area contributed by atoms with E-state index in [1.54, 1.807) is 0 Å². The summed E-state index contributed by atoms with van der Waals surface area (Å²) in [6.07, 6.45) is 4.07. The van der Waals surface area contributed by atoms with E-state index >= 15 is 0 Å². The maximum Gasteiger partial charge on any atom is 0.266 e. The molecule has 0 unspecified atom stereocenters. The number of fused-ring (bicyclic) bond motifs is 1. The molecule has 4 nitrogen and oxygen atoms in total. The largest absolute Gasteiger partial charge is 1.00 e. The fraction of sp³-hybridized carbons (Fsp3) is 0.273. The molecule has 7 heteroatoms. The van der Waals surface area contributed by atoms with Crippen molar-refractivity contribution in [1.29, 1.82) is 0 Å². The van der Waals surface area contributed by atoms with Crippen LogP contribution in [0, 0.1) is 13.8 Å². The molecule has 4 rings (SSSR count). The lowest BCUT2D eigenvalue weighted by atomic mass is 10.1.